The largest absolute Gasteiger partial charge is 0.507 e. The Bertz CT molecular complexity index is 1740. The molecule has 4 aromatic heterocycles. The maximum Gasteiger partial charge on any atom is 0.138 e. The molecular weight excluding hydrogens is 506 g/mol. The van der Waals surface area contributed by atoms with Crippen molar-refractivity contribution in [3.63, 3.8) is 0 Å². The fourth-order valence-corrected chi connectivity index (χ4v) is 5.78. The zero-order valence-corrected chi connectivity index (χ0v) is 21.5. The number of nitrogens with zero attached hydrogens (tertiary/aromatic N) is 2. The van der Waals surface area contributed by atoms with Crippen LogP contribution in [0.4, 0.5) is 0 Å². The number of nitrogens with one attached hydrogen (secondary N) is 2. The lowest BCUT2D eigenvalue weighted by molar-refractivity contribution is 0.287. The summed E-state index contributed by atoms with van der Waals surface area (Å²) in [7, 11) is 0. The second kappa shape index (κ2) is 9.55. The van der Waals surface area contributed by atoms with Crippen LogP contribution in [-0.4, -0.2) is 37.9 Å². The Labute approximate surface area is 221 Å². The number of aromatic hydroxyl groups is 1. The highest BCUT2D eigenvalue weighted by Gasteiger charge is 2.19. The zero-order valence-electron chi connectivity index (χ0n) is 20.0. The van der Waals surface area contributed by atoms with E-state index in [4.69, 9.17) is 27.1 Å². The van der Waals surface area contributed by atoms with Crippen molar-refractivity contribution in [1.82, 2.24) is 20.2 Å². The second-order valence-corrected chi connectivity index (χ2v) is 10.5. The number of hydrogen-bond donors (Lipinski definition) is 4. The van der Waals surface area contributed by atoms with Crippen LogP contribution in [0.15, 0.2) is 67.0 Å². The number of H-pyrrole nitrogens is 2. The van der Waals surface area contributed by atoms with E-state index in [0.717, 1.165) is 37.4 Å². The van der Waals surface area contributed by atoms with E-state index in [-0.39, 0.29) is 11.8 Å². The summed E-state index contributed by atoms with van der Waals surface area (Å²) in [5.74, 6) is 0.703. The van der Waals surface area contributed by atoms with E-state index < -0.39 is 0 Å². The van der Waals surface area contributed by atoms with Gasteiger partial charge in [-0.05, 0) is 55.3 Å². The first-order valence-corrected chi connectivity index (χ1v) is 13.0. The highest BCUT2D eigenvalue weighted by Crippen LogP contribution is 2.42. The van der Waals surface area contributed by atoms with Crippen molar-refractivity contribution in [2.24, 2.45) is 5.73 Å². The molecule has 0 aliphatic rings. The number of aromatic nitrogens is 4. The minimum absolute atomic E-state index is 0.104. The van der Waals surface area contributed by atoms with Crippen LogP contribution >= 0.6 is 22.9 Å². The number of halogens is 1. The summed E-state index contributed by atoms with van der Waals surface area (Å²) in [5, 5.41) is 19.6. The van der Waals surface area contributed by atoms with Crippen LogP contribution in [0.3, 0.4) is 0 Å². The minimum Gasteiger partial charge on any atom is -0.507 e. The number of rotatable bonds is 7. The first-order valence-electron chi connectivity index (χ1n) is 11.8. The third-order valence-corrected chi connectivity index (χ3v) is 7.88. The third-order valence-electron chi connectivity index (χ3n) is 6.37. The van der Waals surface area contributed by atoms with Gasteiger partial charge in [0.25, 0.3) is 0 Å². The molecule has 1 atom stereocenters. The zero-order chi connectivity index (χ0) is 25.5. The molecule has 9 heteroatoms. The first kappa shape index (κ1) is 23.5. The Morgan fingerprint density at radius 2 is 1.97 bits per heavy atom. The third kappa shape index (κ3) is 4.55. The monoisotopic (exact) mass is 529 g/mol. The maximum absolute atomic E-state index is 10.6. The van der Waals surface area contributed by atoms with Gasteiger partial charge < -0.3 is 20.6 Å². The summed E-state index contributed by atoms with van der Waals surface area (Å²) in [6, 6.07) is 16.9. The lowest BCUT2D eigenvalue weighted by atomic mass is 10.0. The van der Waals surface area contributed by atoms with Gasteiger partial charge in [-0.25, -0.2) is 0 Å². The van der Waals surface area contributed by atoms with Gasteiger partial charge in [0.15, 0.2) is 0 Å². The van der Waals surface area contributed by atoms with Crippen LogP contribution in [0, 0.1) is 6.92 Å². The van der Waals surface area contributed by atoms with E-state index in [0.29, 0.717) is 35.1 Å². The highest BCUT2D eigenvalue weighted by molar-refractivity contribution is 7.22. The average Bonchev–Trinajstić information content (AvgIpc) is 3.60. The Kier molecular flexibility index (Phi) is 6.08. The predicted molar refractivity (Wildman–Crippen MR) is 150 cm³/mol. The van der Waals surface area contributed by atoms with Gasteiger partial charge in [0.05, 0.1) is 27.8 Å². The van der Waals surface area contributed by atoms with Crippen LogP contribution in [0.1, 0.15) is 11.3 Å². The van der Waals surface area contributed by atoms with E-state index in [1.165, 1.54) is 5.39 Å². The normalized spacial score (nSPS) is 12.4. The predicted octanol–water partition coefficient (Wildman–Crippen LogP) is 6.45. The molecule has 0 spiro atoms. The van der Waals surface area contributed by atoms with Crippen molar-refractivity contribution in [3.05, 3.63) is 83.3 Å². The second-order valence-electron chi connectivity index (χ2n) is 9.03. The topological polar surface area (TPSA) is 113 Å². The fraction of sp³-hybridized carbons (Fsp3) is 0.143. The number of para-hydroxylation sites is 1. The van der Waals surface area contributed by atoms with E-state index in [1.54, 1.807) is 35.7 Å². The summed E-state index contributed by atoms with van der Waals surface area (Å²) in [6.45, 7) is 2.30. The number of hydrogen-bond acceptors (Lipinski definition) is 6. The molecule has 6 aromatic rings. The van der Waals surface area contributed by atoms with E-state index in [1.807, 2.05) is 37.4 Å². The van der Waals surface area contributed by atoms with Gasteiger partial charge in [-0.3, -0.25) is 10.1 Å². The van der Waals surface area contributed by atoms with Crippen molar-refractivity contribution < 1.29 is 9.84 Å². The number of thiophene rings is 1. The Morgan fingerprint density at radius 1 is 1.11 bits per heavy atom. The molecule has 0 amide bonds. The minimum atomic E-state index is -0.201. The molecule has 186 valence electrons. The van der Waals surface area contributed by atoms with Crippen LogP contribution in [0.25, 0.3) is 42.8 Å². The molecule has 0 aliphatic heterocycles. The lowest BCUT2D eigenvalue weighted by Crippen LogP contribution is -2.30. The van der Waals surface area contributed by atoms with Gasteiger partial charge in [0, 0.05) is 44.2 Å². The fourth-order valence-electron chi connectivity index (χ4n) is 4.54. The quantitative estimate of drug-likeness (QED) is 0.190. The SMILES string of the molecule is Cc1n[nH]c2cc(-c3cc(OC[C@H](N)Cc4c[nH]c5ccccc45)cnc3-c3cc(Cl)ccc3O)sc12. The molecule has 2 aromatic carbocycles. The van der Waals surface area contributed by atoms with Gasteiger partial charge in [-0.1, -0.05) is 29.8 Å². The maximum atomic E-state index is 10.6. The number of phenols is 1. The van der Waals surface area contributed by atoms with Crippen LogP contribution in [-0.2, 0) is 6.42 Å². The van der Waals surface area contributed by atoms with Crippen molar-refractivity contribution in [1.29, 1.82) is 0 Å². The van der Waals surface area contributed by atoms with Crippen molar-refractivity contribution in [2.45, 2.75) is 19.4 Å². The van der Waals surface area contributed by atoms with Crippen molar-refractivity contribution in [3.8, 4) is 33.2 Å². The number of aryl methyl sites for hydroxylation is 1. The van der Waals surface area contributed by atoms with E-state index in [2.05, 4.69) is 27.3 Å². The molecule has 7 nitrogen and oxygen atoms in total. The summed E-state index contributed by atoms with van der Waals surface area (Å²) in [5.41, 5.74) is 12.6. The van der Waals surface area contributed by atoms with Gasteiger partial charge >= 0.3 is 0 Å². The Morgan fingerprint density at radius 3 is 2.84 bits per heavy atom. The van der Waals surface area contributed by atoms with Crippen LogP contribution in [0.2, 0.25) is 5.02 Å². The number of aromatic amines is 2. The van der Waals surface area contributed by atoms with Crippen molar-refractivity contribution >= 4 is 44.1 Å². The molecule has 0 fully saturated rings. The van der Waals surface area contributed by atoms with Crippen LogP contribution < -0.4 is 10.5 Å². The molecule has 5 N–H and O–H groups in total. The number of nitrogens with two attached hydrogens (primary N) is 1. The number of fused-ring (bicyclic) bond motifs is 2. The number of pyridine rings is 1. The summed E-state index contributed by atoms with van der Waals surface area (Å²) < 4.78 is 7.19. The van der Waals surface area contributed by atoms with Gasteiger partial charge in [-0.2, -0.15) is 5.10 Å². The molecule has 0 saturated carbocycles. The Balaban J connectivity index is 1.30. The number of ether oxygens (including phenoxy) is 1. The standard InChI is InChI=1S/C28H24ClN5O2S/c1-15-28-24(34-33-15)11-26(37-28)22-10-19(13-32-27(22)21-9-17(29)6-7-25(21)35)36-14-18(30)8-16-12-31-23-5-3-2-4-20(16)23/h2-7,9-13,18,31,35H,8,14,30H2,1H3,(H,33,34)/t18-/m1/s1. The summed E-state index contributed by atoms with van der Waals surface area (Å²) in [6.07, 6.45) is 4.34. The smallest absolute Gasteiger partial charge is 0.138 e. The van der Waals surface area contributed by atoms with E-state index >= 15 is 0 Å². The molecule has 0 aliphatic carbocycles. The first-order chi connectivity index (χ1) is 18.0. The molecule has 4 heterocycles. The molecule has 0 unspecified atom stereocenters. The Hall–Kier alpha value is -3.85. The van der Waals surface area contributed by atoms with Gasteiger partial charge in [-0.15, -0.1) is 11.3 Å². The number of benzene rings is 2. The average molecular weight is 530 g/mol. The highest BCUT2D eigenvalue weighted by atomic mass is 35.5. The van der Waals surface area contributed by atoms with Gasteiger partial charge in [0.2, 0.25) is 0 Å². The van der Waals surface area contributed by atoms with Gasteiger partial charge in [0.1, 0.15) is 18.1 Å². The van der Waals surface area contributed by atoms with Crippen LogP contribution in [0.5, 0.6) is 11.5 Å². The molecule has 0 bridgehead atoms. The number of phenolic OH excluding ortho intramolecular Hbond substituents is 1. The molecule has 0 saturated heterocycles. The molecule has 0 radical (unpaired) electrons. The summed E-state index contributed by atoms with van der Waals surface area (Å²) in [4.78, 5) is 8.96. The molecular formula is C28H24ClN5O2S. The summed E-state index contributed by atoms with van der Waals surface area (Å²) >= 11 is 7.86. The molecule has 6 rings (SSSR count). The van der Waals surface area contributed by atoms with Crippen molar-refractivity contribution in [2.75, 3.05) is 6.61 Å². The lowest BCUT2D eigenvalue weighted by Gasteiger charge is -2.15. The van der Waals surface area contributed by atoms with E-state index in [9.17, 15) is 5.11 Å². The molecule has 37 heavy (non-hydrogen) atoms.